The van der Waals surface area contributed by atoms with Gasteiger partial charge in [-0.2, -0.15) is 0 Å². The topological polar surface area (TPSA) is 46.6 Å². The van der Waals surface area contributed by atoms with E-state index in [-0.39, 0.29) is 18.1 Å². The Bertz CT molecular complexity index is 444. The van der Waals surface area contributed by atoms with Crippen LogP contribution in [-0.2, 0) is 20.9 Å². The minimum atomic E-state index is -0.502. The average Bonchev–Trinajstić information content (AvgIpc) is 2.34. The van der Waals surface area contributed by atoms with Crippen LogP contribution in [0, 0.1) is 5.82 Å². The van der Waals surface area contributed by atoms with Gasteiger partial charge in [0.1, 0.15) is 11.9 Å². The van der Waals surface area contributed by atoms with Gasteiger partial charge in [-0.15, -0.1) is 0 Å². The molecule has 1 aliphatic heterocycles. The zero-order valence-corrected chi connectivity index (χ0v) is 9.35. The zero-order chi connectivity index (χ0) is 12.4. The molecule has 1 fully saturated rings. The number of carbonyl (C=O) groups excluding carboxylic acids is 2. The maximum absolute atomic E-state index is 12.7. The van der Waals surface area contributed by atoms with Crippen molar-refractivity contribution in [3.05, 3.63) is 35.6 Å². The molecule has 0 aliphatic carbocycles. The fourth-order valence-corrected chi connectivity index (χ4v) is 1.79. The highest BCUT2D eigenvalue weighted by Gasteiger charge is 2.41. The number of benzene rings is 1. The molecular formula is C12H12FNO3. The molecule has 0 radical (unpaired) electrons. The number of esters is 1. The molecule has 0 spiro atoms. The quantitative estimate of drug-likeness (QED) is 0.584. The van der Waals surface area contributed by atoms with Crippen molar-refractivity contribution in [1.29, 1.82) is 0 Å². The fraction of sp³-hybridized carbons (Fsp3) is 0.333. The van der Waals surface area contributed by atoms with Gasteiger partial charge in [0.05, 0.1) is 13.5 Å². The number of hydrogen-bond donors (Lipinski definition) is 0. The molecule has 2 rings (SSSR count). The Hall–Kier alpha value is -1.91. The van der Waals surface area contributed by atoms with Crippen LogP contribution in [0.5, 0.6) is 0 Å². The van der Waals surface area contributed by atoms with E-state index in [0.29, 0.717) is 6.54 Å². The number of methoxy groups -OCH3 is 1. The average molecular weight is 237 g/mol. The highest BCUT2D eigenvalue weighted by molar-refractivity contribution is 5.94. The second kappa shape index (κ2) is 4.53. The van der Waals surface area contributed by atoms with Crippen LogP contribution in [0.25, 0.3) is 0 Å². The second-order valence-corrected chi connectivity index (χ2v) is 3.89. The molecule has 1 aromatic carbocycles. The molecule has 0 saturated carbocycles. The Morgan fingerprint density at radius 2 is 2.12 bits per heavy atom. The standard InChI is InChI=1S/C12H12FNO3/c1-17-12(16)10-6-11(15)14(10)7-8-2-4-9(13)5-3-8/h2-5,10H,6-7H2,1H3/t10-/m1/s1. The summed E-state index contributed by atoms with van der Waals surface area (Å²) in [6, 6.07) is 5.34. The lowest BCUT2D eigenvalue weighted by molar-refractivity contribution is -0.165. The fourth-order valence-electron chi connectivity index (χ4n) is 1.79. The van der Waals surface area contributed by atoms with E-state index in [1.54, 1.807) is 12.1 Å². The van der Waals surface area contributed by atoms with Crippen LogP contribution in [0.2, 0.25) is 0 Å². The number of nitrogens with zero attached hydrogens (tertiary/aromatic N) is 1. The highest BCUT2D eigenvalue weighted by atomic mass is 19.1. The maximum Gasteiger partial charge on any atom is 0.329 e. The van der Waals surface area contributed by atoms with Crippen molar-refractivity contribution < 1.29 is 18.7 Å². The number of β-lactam (4-membered cyclic amide) rings is 1. The van der Waals surface area contributed by atoms with Crippen LogP contribution in [0.4, 0.5) is 4.39 Å². The summed E-state index contributed by atoms with van der Waals surface area (Å²) in [6.07, 6.45) is 0.188. The van der Waals surface area contributed by atoms with Crippen molar-refractivity contribution >= 4 is 11.9 Å². The number of carbonyl (C=O) groups is 2. The first kappa shape index (κ1) is 11.6. The van der Waals surface area contributed by atoms with E-state index in [1.807, 2.05) is 0 Å². The molecule has 17 heavy (non-hydrogen) atoms. The third kappa shape index (κ3) is 2.27. The molecular weight excluding hydrogens is 225 g/mol. The smallest absolute Gasteiger partial charge is 0.329 e. The molecule has 0 unspecified atom stereocenters. The predicted molar refractivity (Wildman–Crippen MR) is 57.4 cm³/mol. The van der Waals surface area contributed by atoms with E-state index in [1.165, 1.54) is 24.1 Å². The molecule has 1 heterocycles. The van der Waals surface area contributed by atoms with Gasteiger partial charge in [-0.3, -0.25) is 4.79 Å². The number of likely N-dealkylation sites (tertiary alicyclic amines) is 1. The van der Waals surface area contributed by atoms with Crippen LogP contribution in [-0.4, -0.2) is 29.9 Å². The summed E-state index contributed by atoms with van der Waals surface area (Å²) >= 11 is 0. The van der Waals surface area contributed by atoms with Crippen molar-refractivity contribution in [3.8, 4) is 0 Å². The van der Waals surface area contributed by atoms with Crippen molar-refractivity contribution in [2.24, 2.45) is 0 Å². The zero-order valence-electron chi connectivity index (χ0n) is 9.35. The maximum atomic E-state index is 12.7. The molecule has 1 saturated heterocycles. The summed E-state index contributed by atoms with van der Waals surface area (Å²) in [5.41, 5.74) is 0.786. The number of hydrogen-bond acceptors (Lipinski definition) is 3. The van der Waals surface area contributed by atoms with Crippen molar-refractivity contribution in [3.63, 3.8) is 0 Å². The third-order valence-electron chi connectivity index (χ3n) is 2.80. The van der Waals surface area contributed by atoms with Crippen LogP contribution in [0.3, 0.4) is 0 Å². The predicted octanol–water partition coefficient (Wildman–Crippen LogP) is 1.10. The summed E-state index contributed by atoms with van der Waals surface area (Å²) in [6.45, 7) is 0.304. The van der Waals surface area contributed by atoms with Gasteiger partial charge < -0.3 is 9.64 Å². The van der Waals surface area contributed by atoms with Gasteiger partial charge in [0.25, 0.3) is 0 Å². The Morgan fingerprint density at radius 3 is 2.65 bits per heavy atom. The molecule has 1 atom stereocenters. The lowest BCUT2D eigenvalue weighted by Gasteiger charge is -2.38. The monoisotopic (exact) mass is 237 g/mol. The summed E-state index contributed by atoms with van der Waals surface area (Å²) in [4.78, 5) is 24.1. The Kier molecular flexibility index (Phi) is 3.08. The first-order valence-corrected chi connectivity index (χ1v) is 5.23. The molecule has 0 N–H and O–H groups in total. The van der Waals surface area contributed by atoms with E-state index in [9.17, 15) is 14.0 Å². The molecule has 1 aliphatic rings. The Balaban J connectivity index is 2.04. The summed E-state index contributed by atoms with van der Waals surface area (Å²) in [7, 11) is 1.29. The van der Waals surface area contributed by atoms with Gasteiger partial charge in [0.15, 0.2) is 0 Å². The number of amides is 1. The van der Waals surface area contributed by atoms with Crippen molar-refractivity contribution in [1.82, 2.24) is 4.90 Å². The van der Waals surface area contributed by atoms with E-state index < -0.39 is 12.0 Å². The summed E-state index contributed by atoms with van der Waals surface area (Å²) in [5, 5.41) is 0. The van der Waals surface area contributed by atoms with Gasteiger partial charge >= 0.3 is 5.97 Å². The normalized spacial score (nSPS) is 18.8. The molecule has 1 amide bonds. The van der Waals surface area contributed by atoms with Gasteiger partial charge in [-0.1, -0.05) is 12.1 Å². The van der Waals surface area contributed by atoms with Gasteiger partial charge in [-0.05, 0) is 17.7 Å². The largest absolute Gasteiger partial charge is 0.467 e. The second-order valence-electron chi connectivity index (χ2n) is 3.89. The SMILES string of the molecule is COC(=O)[C@H]1CC(=O)N1Cc1ccc(F)cc1. The molecule has 4 nitrogen and oxygen atoms in total. The van der Waals surface area contributed by atoms with E-state index >= 15 is 0 Å². The molecule has 5 heteroatoms. The number of rotatable bonds is 3. The van der Waals surface area contributed by atoms with Crippen LogP contribution in [0.15, 0.2) is 24.3 Å². The Labute approximate surface area is 98.0 Å². The summed E-state index contributed by atoms with van der Waals surface area (Å²) < 4.78 is 17.3. The first-order chi connectivity index (χ1) is 8.11. The lowest BCUT2D eigenvalue weighted by atomic mass is 10.0. The first-order valence-electron chi connectivity index (χ1n) is 5.23. The van der Waals surface area contributed by atoms with Gasteiger partial charge in [-0.25, -0.2) is 9.18 Å². The van der Waals surface area contributed by atoms with E-state index in [2.05, 4.69) is 4.74 Å². The number of halogens is 1. The molecule has 90 valence electrons. The number of ether oxygens (including phenoxy) is 1. The Morgan fingerprint density at radius 1 is 1.47 bits per heavy atom. The van der Waals surface area contributed by atoms with Gasteiger partial charge in [0, 0.05) is 6.54 Å². The molecule has 0 aromatic heterocycles. The minimum Gasteiger partial charge on any atom is -0.467 e. The summed E-state index contributed by atoms with van der Waals surface area (Å²) in [5.74, 6) is -0.829. The van der Waals surface area contributed by atoms with Crippen LogP contribution in [0.1, 0.15) is 12.0 Å². The van der Waals surface area contributed by atoms with Crippen LogP contribution < -0.4 is 0 Å². The molecule has 0 bridgehead atoms. The highest BCUT2D eigenvalue weighted by Crippen LogP contribution is 2.23. The van der Waals surface area contributed by atoms with Gasteiger partial charge in [0.2, 0.25) is 5.91 Å². The van der Waals surface area contributed by atoms with Crippen molar-refractivity contribution in [2.45, 2.75) is 19.0 Å². The lowest BCUT2D eigenvalue weighted by Crippen LogP contribution is -2.56. The third-order valence-corrected chi connectivity index (χ3v) is 2.80. The van der Waals surface area contributed by atoms with E-state index in [0.717, 1.165) is 5.56 Å². The van der Waals surface area contributed by atoms with Crippen molar-refractivity contribution in [2.75, 3.05) is 7.11 Å². The molecule has 1 aromatic rings. The minimum absolute atomic E-state index is 0.0928. The van der Waals surface area contributed by atoms with E-state index in [4.69, 9.17) is 0 Å². The van der Waals surface area contributed by atoms with Crippen LogP contribution >= 0.6 is 0 Å².